The molecular formula is C16H15N5OS. The van der Waals surface area contributed by atoms with E-state index >= 15 is 0 Å². The average Bonchev–Trinajstić information content (AvgIpc) is 3.04. The second kappa shape index (κ2) is 5.68. The summed E-state index contributed by atoms with van der Waals surface area (Å²) >= 11 is 1.50. The maximum atomic E-state index is 10.4. The number of hydrogen-bond acceptors (Lipinski definition) is 7. The summed E-state index contributed by atoms with van der Waals surface area (Å²) < 4.78 is 0. The highest BCUT2D eigenvalue weighted by Gasteiger charge is 2.39. The number of anilines is 2. The van der Waals surface area contributed by atoms with E-state index in [-0.39, 0.29) is 0 Å². The Morgan fingerprint density at radius 1 is 1.09 bits per heavy atom. The van der Waals surface area contributed by atoms with Crippen molar-refractivity contribution in [3.8, 4) is 10.6 Å². The van der Waals surface area contributed by atoms with E-state index in [0.29, 0.717) is 11.6 Å². The molecule has 3 aromatic rings. The molecule has 0 bridgehead atoms. The molecule has 116 valence electrons. The molecule has 0 unspecified atom stereocenters. The van der Waals surface area contributed by atoms with Gasteiger partial charge in [-0.15, -0.1) is 11.3 Å². The molecule has 1 saturated carbocycles. The summed E-state index contributed by atoms with van der Waals surface area (Å²) in [6.45, 7) is 0. The third-order valence-electron chi connectivity index (χ3n) is 3.91. The minimum atomic E-state index is -0.724. The highest BCUT2D eigenvalue weighted by molar-refractivity contribution is 7.15. The van der Waals surface area contributed by atoms with Crippen LogP contribution in [0.25, 0.3) is 10.6 Å². The lowest BCUT2D eigenvalue weighted by atomic mass is 9.81. The van der Waals surface area contributed by atoms with Crippen LogP contribution in [0.5, 0.6) is 0 Å². The van der Waals surface area contributed by atoms with Crippen LogP contribution in [0.1, 0.15) is 24.3 Å². The maximum Gasteiger partial charge on any atom is 0.150 e. The quantitative estimate of drug-likeness (QED) is 0.767. The van der Waals surface area contributed by atoms with Crippen molar-refractivity contribution in [3.63, 3.8) is 0 Å². The van der Waals surface area contributed by atoms with Gasteiger partial charge < -0.3 is 10.4 Å². The summed E-state index contributed by atoms with van der Waals surface area (Å²) in [5.41, 5.74) is 0.101. The van der Waals surface area contributed by atoms with Crippen LogP contribution < -0.4 is 5.32 Å². The normalized spacial score (nSPS) is 15.9. The van der Waals surface area contributed by atoms with Crippen LogP contribution in [0.4, 0.5) is 11.6 Å². The van der Waals surface area contributed by atoms with E-state index in [9.17, 15) is 5.11 Å². The number of nitrogens with one attached hydrogen (secondary N) is 1. The first-order valence-corrected chi connectivity index (χ1v) is 8.24. The van der Waals surface area contributed by atoms with Gasteiger partial charge in [0.2, 0.25) is 0 Å². The van der Waals surface area contributed by atoms with Gasteiger partial charge in [-0.3, -0.25) is 4.98 Å². The minimum Gasteiger partial charge on any atom is -0.383 e. The van der Waals surface area contributed by atoms with Crippen LogP contribution in [0.15, 0.2) is 43.0 Å². The van der Waals surface area contributed by atoms with E-state index in [2.05, 4.69) is 25.3 Å². The fourth-order valence-electron chi connectivity index (χ4n) is 2.47. The molecule has 0 atom stereocenters. The van der Waals surface area contributed by atoms with E-state index in [1.165, 1.54) is 11.3 Å². The fraction of sp³-hybridized carbons (Fsp3) is 0.250. The zero-order chi connectivity index (χ0) is 15.7. The topological polar surface area (TPSA) is 83.8 Å². The van der Waals surface area contributed by atoms with Crippen molar-refractivity contribution in [2.75, 3.05) is 5.32 Å². The zero-order valence-electron chi connectivity index (χ0n) is 12.3. The number of aliphatic hydroxyl groups is 1. The van der Waals surface area contributed by atoms with Gasteiger partial charge in [-0.25, -0.2) is 15.0 Å². The second-order valence-corrected chi connectivity index (χ2v) is 6.57. The van der Waals surface area contributed by atoms with Crippen LogP contribution >= 0.6 is 11.3 Å². The number of aromatic nitrogens is 4. The number of thiazole rings is 1. The number of hydrogen-bond donors (Lipinski definition) is 2. The van der Waals surface area contributed by atoms with Crippen LogP contribution in [-0.4, -0.2) is 25.0 Å². The van der Waals surface area contributed by atoms with Gasteiger partial charge in [0.15, 0.2) is 0 Å². The Bertz CT molecular complexity index is 816. The van der Waals surface area contributed by atoms with Gasteiger partial charge in [0.1, 0.15) is 22.2 Å². The monoisotopic (exact) mass is 325 g/mol. The lowest BCUT2D eigenvalue weighted by molar-refractivity contribution is -0.0389. The van der Waals surface area contributed by atoms with Crippen molar-refractivity contribution in [1.82, 2.24) is 19.9 Å². The highest BCUT2D eigenvalue weighted by atomic mass is 32.1. The summed E-state index contributed by atoms with van der Waals surface area (Å²) in [5.74, 6) is 1.34. The maximum absolute atomic E-state index is 10.4. The zero-order valence-corrected chi connectivity index (χ0v) is 13.1. The Kier molecular flexibility index (Phi) is 3.51. The smallest absolute Gasteiger partial charge is 0.150 e. The predicted molar refractivity (Wildman–Crippen MR) is 88.4 cm³/mol. The summed E-state index contributed by atoms with van der Waals surface area (Å²) in [6, 6.07) is 5.74. The van der Waals surface area contributed by atoms with Crippen LogP contribution in [0.3, 0.4) is 0 Å². The Morgan fingerprint density at radius 2 is 2.00 bits per heavy atom. The predicted octanol–water partition coefficient (Wildman–Crippen LogP) is 3.11. The fourth-order valence-corrected chi connectivity index (χ4v) is 3.50. The van der Waals surface area contributed by atoms with E-state index in [0.717, 1.165) is 34.8 Å². The molecule has 4 rings (SSSR count). The van der Waals surface area contributed by atoms with Gasteiger partial charge >= 0.3 is 0 Å². The average molecular weight is 325 g/mol. The Balaban J connectivity index is 1.59. The molecule has 1 aliphatic rings. The molecule has 3 heterocycles. The molecule has 1 aliphatic carbocycles. The summed E-state index contributed by atoms with van der Waals surface area (Å²) in [4.78, 5) is 18.1. The molecule has 0 spiro atoms. The molecule has 23 heavy (non-hydrogen) atoms. The van der Waals surface area contributed by atoms with Gasteiger partial charge in [0.25, 0.3) is 0 Å². The molecule has 7 heteroatoms. The summed E-state index contributed by atoms with van der Waals surface area (Å²) in [6.07, 6.45) is 9.32. The van der Waals surface area contributed by atoms with E-state index in [4.69, 9.17) is 0 Å². The highest BCUT2D eigenvalue weighted by Crippen LogP contribution is 2.43. The first kappa shape index (κ1) is 14.2. The standard InChI is InChI=1S/C16H15N5OS/c22-16(5-2-6-16)15-19-9-12(23-15)11-3-1-4-13(20-11)21-14-10-17-7-8-18-14/h1,3-4,7-10,22H,2,5-6H2,(H,18,20,21). The minimum absolute atomic E-state index is 0.644. The molecule has 0 aliphatic heterocycles. The number of rotatable bonds is 4. The molecule has 0 amide bonds. The Hall–Kier alpha value is -2.38. The van der Waals surface area contributed by atoms with Gasteiger partial charge in [0, 0.05) is 18.6 Å². The van der Waals surface area contributed by atoms with Crippen molar-refractivity contribution >= 4 is 23.0 Å². The van der Waals surface area contributed by atoms with Crippen molar-refractivity contribution < 1.29 is 5.11 Å². The van der Waals surface area contributed by atoms with Crippen molar-refractivity contribution in [2.24, 2.45) is 0 Å². The van der Waals surface area contributed by atoms with Gasteiger partial charge in [-0.05, 0) is 31.4 Å². The number of nitrogens with zero attached hydrogens (tertiary/aromatic N) is 4. The third kappa shape index (κ3) is 2.80. The second-order valence-electron chi connectivity index (χ2n) is 5.54. The largest absolute Gasteiger partial charge is 0.383 e. The first-order valence-electron chi connectivity index (χ1n) is 7.42. The lowest BCUT2D eigenvalue weighted by Crippen LogP contribution is -2.33. The van der Waals surface area contributed by atoms with E-state index in [1.807, 2.05) is 18.2 Å². The van der Waals surface area contributed by atoms with Crippen molar-refractivity contribution in [3.05, 3.63) is 48.0 Å². The summed E-state index contributed by atoms with van der Waals surface area (Å²) in [5, 5.41) is 14.3. The van der Waals surface area contributed by atoms with E-state index < -0.39 is 5.60 Å². The SMILES string of the molecule is OC1(c2ncc(-c3cccc(Nc4cnccn4)n3)s2)CCC1. The molecular weight excluding hydrogens is 310 g/mol. The van der Waals surface area contributed by atoms with E-state index in [1.54, 1.807) is 24.8 Å². The molecule has 1 fully saturated rings. The molecule has 3 aromatic heterocycles. The van der Waals surface area contributed by atoms with Crippen LogP contribution in [0, 0.1) is 0 Å². The molecule has 0 saturated heterocycles. The van der Waals surface area contributed by atoms with Crippen molar-refractivity contribution in [2.45, 2.75) is 24.9 Å². The third-order valence-corrected chi connectivity index (χ3v) is 5.12. The Morgan fingerprint density at radius 3 is 2.74 bits per heavy atom. The van der Waals surface area contributed by atoms with Crippen molar-refractivity contribution in [1.29, 1.82) is 0 Å². The molecule has 0 aromatic carbocycles. The lowest BCUT2D eigenvalue weighted by Gasteiger charge is -2.34. The first-order chi connectivity index (χ1) is 11.2. The van der Waals surface area contributed by atoms with Gasteiger partial charge in [0.05, 0.1) is 16.8 Å². The van der Waals surface area contributed by atoms with Gasteiger partial charge in [-0.2, -0.15) is 0 Å². The molecule has 6 nitrogen and oxygen atoms in total. The van der Waals surface area contributed by atoms with Gasteiger partial charge in [-0.1, -0.05) is 6.07 Å². The number of pyridine rings is 1. The molecule has 0 radical (unpaired) electrons. The Labute approximate surface area is 137 Å². The van der Waals surface area contributed by atoms with Crippen LogP contribution in [0.2, 0.25) is 0 Å². The summed E-state index contributed by atoms with van der Waals surface area (Å²) in [7, 11) is 0. The van der Waals surface area contributed by atoms with Crippen LogP contribution in [-0.2, 0) is 5.60 Å². The molecule has 2 N–H and O–H groups in total.